The van der Waals surface area contributed by atoms with Gasteiger partial charge in [-0.1, -0.05) is 19.9 Å². The Morgan fingerprint density at radius 2 is 1.84 bits per heavy atom. The molecule has 0 atom stereocenters. The molecule has 2 aliphatic rings. The van der Waals surface area contributed by atoms with E-state index < -0.39 is 0 Å². The van der Waals surface area contributed by atoms with Crippen molar-refractivity contribution in [3.63, 3.8) is 0 Å². The van der Waals surface area contributed by atoms with Gasteiger partial charge < -0.3 is 9.88 Å². The molecule has 8 heteroatoms. The third-order valence-corrected chi connectivity index (χ3v) is 7.41. The summed E-state index contributed by atoms with van der Waals surface area (Å²) in [6.45, 7) is 8.79. The summed E-state index contributed by atoms with van der Waals surface area (Å²) < 4.78 is 0. The number of carbonyl (C=O) groups excluding carboxylic acids is 1. The van der Waals surface area contributed by atoms with Crippen LogP contribution >= 0.6 is 0 Å². The molecule has 1 aromatic carbocycles. The molecule has 8 nitrogen and oxygen atoms in total. The van der Waals surface area contributed by atoms with Crippen molar-refractivity contribution in [3.05, 3.63) is 71.7 Å². The maximum Gasteiger partial charge on any atom is 0.225 e. The van der Waals surface area contributed by atoms with Gasteiger partial charge in [-0.15, -0.1) is 0 Å². The first kappa shape index (κ1) is 24.7. The number of aromatic amines is 1. The SMILES string of the molecule is CC(C)Cc1cc(-c2ccc3nc(Cc4cc(CN5CCN(C(=O)C6CC6)CC5)ccn4)[nH]c3c2)ncn1. The van der Waals surface area contributed by atoms with Gasteiger partial charge in [0.25, 0.3) is 0 Å². The highest BCUT2D eigenvalue weighted by molar-refractivity contribution is 5.81. The van der Waals surface area contributed by atoms with Gasteiger partial charge in [0.15, 0.2) is 0 Å². The molecule has 0 bridgehead atoms. The number of fused-ring (bicyclic) bond motifs is 1. The molecule has 1 N–H and O–H groups in total. The largest absolute Gasteiger partial charge is 0.342 e. The van der Waals surface area contributed by atoms with E-state index >= 15 is 0 Å². The summed E-state index contributed by atoms with van der Waals surface area (Å²) in [5.74, 6) is 2.12. The molecule has 3 aromatic heterocycles. The summed E-state index contributed by atoms with van der Waals surface area (Å²) in [6, 6.07) is 12.6. The van der Waals surface area contributed by atoms with E-state index in [-0.39, 0.29) is 0 Å². The van der Waals surface area contributed by atoms with E-state index in [4.69, 9.17) is 4.98 Å². The number of hydrogen-bond acceptors (Lipinski definition) is 6. The third-order valence-electron chi connectivity index (χ3n) is 7.41. The molecule has 4 aromatic rings. The smallest absolute Gasteiger partial charge is 0.225 e. The Kier molecular flexibility index (Phi) is 6.89. The average molecular weight is 510 g/mol. The van der Waals surface area contributed by atoms with Crippen LogP contribution in [0.4, 0.5) is 0 Å². The molecular weight excluding hydrogens is 474 g/mol. The maximum atomic E-state index is 12.3. The van der Waals surface area contributed by atoms with Gasteiger partial charge >= 0.3 is 0 Å². The second-order valence-corrected chi connectivity index (χ2v) is 11.1. The zero-order chi connectivity index (χ0) is 26.1. The van der Waals surface area contributed by atoms with Gasteiger partial charge in [-0.3, -0.25) is 14.7 Å². The number of amides is 1. The standard InChI is InChI=1S/C30H35N7O/c1-20(2)13-24-16-27(33-19-32-24)23-5-6-26-28(15-23)35-29(34-26)17-25-14-21(7-8-31-25)18-36-9-11-37(12-10-36)30(38)22-3-4-22/h5-8,14-16,19-20,22H,3-4,9-13,17-18H2,1-2H3,(H,34,35). The number of aromatic nitrogens is 5. The Morgan fingerprint density at radius 3 is 2.63 bits per heavy atom. The van der Waals surface area contributed by atoms with Crippen molar-refractivity contribution in [1.82, 2.24) is 34.7 Å². The molecule has 6 rings (SSSR count). The van der Waals surface area contributed by atoms with Crippen molar-refractivity contribution in [2.75, 3.05) is 26.2 Å². The predicted molar refractivity (Wildman–Crippen MR) is 147 cm³/mol. The maximum absolute atomic E-state index is 12.3. The zero-order valence-corrected chi connectivity index (χ0v) is 22.2. The Morgan fingerprint density at radius 1 is 1.00 bits per heavy atom. The summed E-state index contributed by atoms with van der Waals surface area (Å²) in [5.41, 5.74) is 7.23. The fourth-order valence-corrected chi connectivity index (χ4v) is 5.26. The van der Waals surface area contributed by atoms with Crippen LogP contribution in [0.15, 0.2) is 48.9 Å². The first-order chi connectivity index (χ1) is 18.5. The zero-order valence-electron chi connectivity index (χ0n) is 22.2. The minimum Gasteiger partial charge on any atom is -0.342 e. The van der Waals surface area contributed by atoms with Crippen LogP contribution in [0, 0.1) is 11.8 Å². The van der Waals surface area contributed by atoms with Crippen LogP contribution in [0.2, 0.25) is 0 Å². The second-order valence-electron chi connectivity index (χ2n) is 11.1. The fraction of sp³-hybridized carbons (Fsp3) is 0.433. The minimum atomic E-state index is 0.309. The van der Waals surface area contributed by atoms with Crippen LogP contribution in [-0.4, -0.2) is 66.8 Å². The molecule has 38 heavy (non-hydrogen) atoms. The number of rotatable bonds is 8. The van der Waals surface area contributed by atoms with E-state index in [1.165, 1.54) is 5.56 Å². The van der Waals surface area contributed by atoms with E-state index in [0.717, 1.165) is 91.5 Å². The van der Waals surface area contributed by atoms with Gasteiger partial charge in [-0.25, -0.2) is 15.0 Å². The number of nitrogens with one attached hydrogen (secondary N) is 1. The van der Waals surface area contributed by atoms with Crippen LogP contribution < -0.4 is 0 Å². The number of pyridine rings is 1. The molecule has 0 spiro atoms. The highest BCUT2D eigenvalue weighted by Crippen LogP contribution is 2.31. The predicted octanol–water partition coefficient (Wildman–Crippen LogP) is 4.26. The summed E-state index contributed by atoms with van der Waals surface area (Å²) >= 11 is 0. The van der Waals surface area contributed by atoms with Gasteiger partial charge in [0, 0.05) is 68.2 Å². The second kappa shape index (κ2) is 10.6. The van der Waals surface area contributed by atoms with Crippen LogP contribution in [-0.2, 0) is 24.2 Å². The Balaban J connectivity index is 1.11. The lowest BCUT2D eigenvalue weighted by Gasteiger charge is -2.35. The topological polar surface area (TPSA) is 90.9 Å². The van der Waals surface area contributed by atoms with Gasteiger partial charge in [-0.05, 0) is 61.1 Å². The first-order valence-corrected chi connectivity index (χ1v) is 13.7. The van der Waals surface area contributed by atoms with E-state index in [2.05, 4.69) is 73.9 Å². The molecule has 4 heterocycles. The quantitative estimate of drug-likeness (QED) is 0.382. The molecule has 1 amide bonds. The van der Waals surface area contributed by atoms with E-state index in [0.29, 0.717) is 24.2 Å². The molecule has 2 fully saturated rings. The van der Waals surface area contributed by atoms with Crippen LogP contribution in [0.3, 0.4) is 0 Å². The molecule has 196 valence electrons. The number of H-pyrrole nitrogens is 1. The summed E-state index contributed by atoms with van der Waals surface area (Å²) in [6.07, 6.45) is 7.28. The van der Waals surface area contributed by atoms with E-state index in [1.807, 2.05) is 12.3 Å². The Labute approximate surface area is 223 Å². The lowest BCUT2D eigenvalue weighted by Crippen LogP contribution is -2.48. The highest BCUT2D eigenvalue weighted by atomic mass is 16.2. The number of hydrogen-bond donors (Lipinski definition) is 1. The van der Waals surface area contributed by atoms with Crippen LogP contribution in [0.5, 0.6) is 0 Å². The highest BCUT2D eigenvalue weighted by Gasteiger charge is 2.34. The molecular formula is C30H35N7O. The van der Waals surface area contributed by atoms with Crippen molar-refractivity contribution >= 4 is 16.9 Å². The van der Waals surface area contributed by atoms with Crippen LogP contribution in [0.25, 0.3) is 22.3 Å². The van der Waals surface area contributed by atoms with Gasteiger partial charge in [-0.2, -0.15) is 0 Å². The van der Waals surface area contributed by atoms with Crippen molar-refractivity contribution in [3.8, 4) is 11.3 Å². The monoisotopic (exact) mass is 509 g/mol. The Hall–Kier alpha value is -3.65. The molecule has 0 radical (unpaired) electrons. The molecule has 1 saturated heterocycles. The van der Waals surface area contributed by atoms with Gasteiger partial charge in [0.2, 0.25) is 5.91 Å². The Bertz CT molecular complexity index is 1430. The van der Waals surface area contributed by atoms with Gasteiger partial charge in [0.1, 0.15) is 12.2 Å². The lowest BCUT2D eigenvalue weighted by atomic mass is 10.1. The summed E-state index contributed by atoms with van der Waals surface area (Å²) in [7, 11) is 0. The van der Waals surface area contributed by atoms with Crippen molar-refractivity contribution < 1.29 is 4.79 Å². The molecule has 0 unspecified atom stereocenters. The number of carbonyl (C=O) groups is 1. The van der Waals surface area contributed by atoms with Crippen molar-refractivity contribution in [2.45, 2.75) is 46.1 Å². The minimum absolute atomic E-state index is 0.309. The first-order valence-electron chi connectivity index (χ1n) is 13.7. The molecule has 1 aliphatic heterocycles. The summed E-state index contributed by atoms with van der Waals surface area (Å²) in [4.78, 5) is 38.6. The van der Waals surface area contributed by atoms with Gasteiger partial charge in [0.05, 0.1) is 16.7 Å². The number of imidazole rings is 1. The number of benzene rings is 1. The van der Waals surface area contributed by atoms with E-state index in [9.17, 15) is 4.79 Å². The van der Waals surface area contributed by atoms with Crippen LogP contribution in [0.1, 0.15) is 49.5 Å². The van der Waals surface area contributed by atoms with E-state index in [1.54, 1.807) is 6.33 Å². The third kappa shape index (κ3) is 5.75. The van der Waals surface area contributed by atoms with Crippen molar-refractivity contribution in [1.29, 1.82) is 0 Å². The number of piperazine rings is 1. The lowest BCUT2D eigenvalue weighted by molar-refractivity contribution is -0.134. The molecule has 1 saturated carbocycles. The fourth-order valence-electron chi connectivity index (χ4n) is 5.26. The molecule has 1 aliphatic carbocycles. The number of nitrogens with zero attached hydrogens (tertiary/aromatic N) is 6. The average Bonchev–Trinajstić information content (AvgIpc) is 3.68. The normalized spacial score (nSPS) is 16.4. The summed E-state index contributed by atoms with van der Waals surface area (Å²) in [5, 5.41) is 0. The van der Waals surface area contributed by atoms with Crippen molar-refractivity contribution in [2.24, 2.45) is 11.8 Å².